The Morgan fingerprint density at radius 3 is 2.31 bits per heavy atom. The van der Waals surface area contributed by atoms with Crippen LogP contribution in [-0.4, -0.2) is 31.7 Å². The summed E-state index contributed by atoms with van der Waals surface area (Å²) in [7, 11) is -3.58. The molecule has 1 aliphatic heterocycles. The number of nitrogens with one attached hydrogen (secondary N) is 1. The lowest BCUT2D eigenvalue weighted by Gasteiger charge is -2.20. The van der Waals surface area contributed by atoms with E-state index in [1.165, 1.54) is 11.6 Å². The zero-order valence-corrected chi connectivity index (χ0v) is 18.0. The Labute approximate surface area is 174 Å². The summed E-state index contributed by atoms with van der Waals surface area (Å²) in [6.45, 7) is 5.40. The number of benzene rings is 2. The summed E-state index contributed by atoms with van der Waals surface area (Å²) in [5.41, 5.74) is 2.27. The van der Waals surface area contributed by atoms with Gasteiger partial charge < -0.3 is 5.32 Å². The predicted molar refractivity (Wildman–Crippen MR) is 117 cm³/mol. The molecule has 1 atom stereocenters. The average Bonchev–Trinajstić information content (AvgIpc) is 3.04. The highest BCUT2D eigenvalue weighted by Gasteiger charge is 2.25. The molecule has 0 aromatic heterocycles. The zero-order chi connectivity index (χ0) is 20.9. The highest BCUT2D eigenvalue weighted by molar-refractivity contribution is 7.89. The Bertz CT molecular complexity index is 931. The van der Waals surface area contributed by atoms with Gasteiger partial charge in [-0.2, -0.15) is 4.31 Å². The van der Waals surface area contributed by atoms with Crippen molar-refractivity contribution in [3.05, 3.63) is 59.7 Å². The molecule has 0 spiro atoms. The first-order valence-corrected chi connectivity index (χ1v) is 11.9. The summed E-state index contributed by atoms with van der Waals surface area (Å²) in [5, 5.41) is 2.86. The number of hydrogen-bond acceptors (Lipinski definition) is 3. The number of amides is 1. The monoisotopic (exact) mass is 414 g/mol. The van der Waals surface area contributed by atoms with E-state index in [0.717, 1.165) is 32.1 Å². The van der Waals surface area contributed by atoms with Gasteiger partial charge in [0.15, 0.2) is 0 Å². The molecule has 156 valence electrons. The molecule has 0 radical (unpaired) electrons. The molecule has 0 bridgehead atoms. The normalized spacial score (nSPS) is 16.8. The summed E-state index contributed by atoms with van der Waals surface area (Å²) >= 11 is 0. The van der Waals surface area contributed by atoms with Crippen LogP contribution in [0.2, 0.25) is 0 Å². The van der Waals surface area contributed by atoms with Crippen molar-refractivity contribution in [1.29, 1.82) is 0 Å². The standard InChI is InChI=1S/C23H30N2O3S/c1-3-18(2)19-11-13-21(14-12-19)24-23(26)20-9-8-10-22(17-20)29(27,28)25-15-6-4-5-7-16-25/h8-14,17-18H,3-7,15-16H2,1-2H3,(H,24,26)/t18-/m0/s1. The minimum atomic E-state index is -3.58. The van der Waals surface area contributed by atoms with Gasteiger partial charge in [-0.05, 0) is 61.1 Å². The van der Waals surface area contributed by atoms with Gasteiger partial charge >= 0.3 is 0 Å². The van der Waals surface area contributed by atoms with Gasteiger partial charge in [-0.15, -0.1) is 0 Å². The largest absolute Gasteiger partial charge is 0.322 e. The van der Waals surface area contributed by atoms with Crippen molar-refractivity contribution in [3.63, 3.8) is 0 Å². The number of hydrogen-bond donors (Lipinski definition) is 1. The van der Waals surface area contributed by atoms with Crippen LogP contribution in [0.3, 0.4) is 0 Å². The van der Waals surface area contributed by atoms with Crippen LogP contribution in [0.15, 0.2) is 53.4 Å². The van der Waals surface area contributed by atoms with Crippen molar-refractivity contribution in [2.45, 2.75) is 56.8 Å². The van der Waals surface area contributed by atoms with E-state index in [9.17, 15) is 13.2 Å². The Morgan fingerprint density at radius 2 is 1.69 bits per heavy atom. The molecule has 5 nitrogen and oxygen atoms in total. The van der Waals surface area contributed by atoms with Crippen LogP contribution >= 0.6 is 0 Å². The maximum absolute atomic E-state index is 13.0. The van der Waals surface area contributed by atoms with Crippen molar-refractivity contribution in [2.24, 2.45) is 0 Å². The number of anilines is 1. The number of carbonyl (C=O) groups is 1. The van der Waals surface area contributed by atoms with Crippen LogP contribution in [0.5, 0.6) is 0 Å². The minimum Gasteiger partial charge on any atom is -0.322 e. The molecule has 29 heavy (non-hydrogen) atoms. The predicted octanol–water partition coefficient (Wildman–Crippen LogP) is 5.02. The van der Waals surface area contributed by atoms with E-state index in [1.807, 2.05) is 24.3 Å². The fourth-order valence-corrected chi connectivity index (χ4v) is 5.13. The summed E-state index contributed by atoms with van der Waals surface area (Å²) in [4.78, 5) is 12.9. The molecule has 1 amide bonds. The van der Waals surface area contributed by atoms with Gasteiger partial charge in [-0.3, -0.25) is 4.79 Å². The molecule has 3 rings (SSSR count). The Kier molecular flexibility index (Phi) is 7.09. The molecule has 0 unspecified atom stereocenters. The fraction of sp³-hybridized carbons (Fsp3) is 0.435. The summed E-state index contributed by atoms with van der Waals surface area (Å²) in [6.07, 6.45) is 4.94. The summed E-state index contributed by atoms with van der Waals surface area (Å²) in [6, 6.07) is 14.1. The van der Waals surface area contributed by atoms with E-state index in [4.69, 9.17) is 0 Å². The lowest BCUT2D eigenvalue weighted by atomic mass is 9.98. The van der Waals surface area contributed by atoms with Crippen molar-refractivity contribution >= 4 is 21.6 Å². The third-order valence-electron chi connectivity index (χ3n) is 5.65. The van der Waals surface area contributed by atoms with Gasteiger partial charge in [0.1, 0.15) is 0 Å². The number of rotatable bonds is 6. The average molecular weight is 415 g/mol. The van der Waals surface area contributed by atoms with Gasteiger partial charge in [-0.25, -0.2) is 8.42 Å². The number of carbonyl (C=O) groups excluding carboxylic acids is 1. The molecule has 1 saturated heterocycles. The molecule has 0 aliphatic carbocycles. The van der Waals surface area contributed by atoms with Crippen molar-refractivity contribution in [3.8, 4) is 0 Å². The third kappa shape index (κ3) is 5.25. The SMILES string of the molecule is CC[C@H](C)c1ccc(NC(=O)c2cccc(S(=O)(=O)N3CCCCCC3)c2)cc1. The van der Waals surface area contributed by atoms with E-state index in [0.29, 0.717) is 30.3 Å². The van der Waals surface area contributed by atoms with Crippen molar-refractivity contribution in [2.75, 3.05) is 18.4 Å². The lowest BCUT2D eigenvalue weighted by molar-refractivity contribution is 0.102. The Hall–Kier alpha value is -2.18. The number of sulfonamides is 1. The second-order valence-electron chi connectivity index (χ2n) is 7.73. The van der Waals surface area contributed by atoms with E-state index < -0.39 is 10.0 Å². The first-order chi connectivity index (χ1) is 13.9. The maximum atomic E-state index is 13.0. The molecule has 1 fully saturated rings. The van der Waals surface area contributed by atoms with Crippen LogP contribution in [0.25, 0.3) is 0 Å². The van der Waals surface area contributed by atoms with E-state index in [1.54, 1.807) is 22.5 Å². The maximum Gasteiger partial charge on any atom is 0.255 e. The quantitative estimate of drug-likeness (QED) is 0.722. The smallest absolute Gasteiger partial charge is 0.255 e. The molecular formula is C23H30N2O3S. The highest BCUT2D eigenvalue weighted by atomic mass is 32.2. The topological polar surface area (TPSA) is 66.5 Å². The molecule has 6 heteroatoms. The van der Waals surface area contributed by atoms with Crippen molar-refractivity contribution < 1.29 is 13.2 Å². The molecular weight excluding hydrogens is 384 g/mol. The van der Waals surface area contributed by atoms with Crippen LogP contribution in [-0.2, 0) is 10.0 Å². The molecule has 2 aromatic rings. The van der Waals surface area contributed by atoms with E-state index in [-0.39, 0.29) is 10.8 Å². The fourth-order valence-electron chi connectivity index (χ4n) is 3.56. The van der Waals surface area contributed by atoms with Crippen LogP contribution in [0, 0.1) is 0 Å². The van der Waals surface area contributed by atoms with Gasteiger partial charge in [0.25, 0.3) is 5.91 Å². The minimum absolute atomic E-state index is 0.180. The van der Waals surface area contributed by atoms with E-state index >= 15 is 0 Å². The first kappa shape index (κ1) is 21.5. The zero-order valence-electron chi connectivity index (χ0n) is 17.2. The lowest BCUT2D eigenvalue weighted by Crippen LogP contribution is -2.32. The molecule has 0 saturated carbocycles. The van der Waals surface area contributed by atoms with Gasteiger partial charge in [0.2, 0.25) is 10.0 Å². The molecule has 1 aliphatic rings. The second-order valence-corrected chi connectivity index (χ2v) is 9.67. The first-order valence-electron chi connectivity index (χ1n) is 10.4. The highest BCUT2D eigenvalue weighted by Crippen LogP contribution is 2.23. The molecule has 1 N–H and O–H groups in total. The van der Waals surface area contributed by atoms with Crippen molar-refractivity contribution in [1.82, 2.24) is 4.31 Å². The van der Waals surface area contributed by atoms with E-state index in [2.05, 4.69) is 19.2 Å². The van der Waals surface area contributed by atoms with Crippen LogP contribution < -0.4 is 5.32 Å². The molecule has 1 heterocycles. The van der Waals surface area contributed by atoms with Gasteiger partial charge in [0.05, 0.1) is 4.90 Å². The molecule has 2 aromatic carbocycles. The third-order valence-corrected chi connectivity index (χ3v) is 7.54. The van der Waals surface area contributed by atoms with Gasteiger partial charge in [0, 0.05) is 24.3 Å². The Morgan fingerprint density at radius 1 is 1.03 bits per heavy atom. The number of nitrogens with zero attached hydrogens (tertiary/aromatic N) is 1. The van der Waals surface area contributed by atoms with Crippen LogP contribution in [0.1, 0.15) is 67.8 Å². The summed E-state index contributed by atoms with van der Waals surface area (Å²) in [5.74, 6) is 0.162. The summed E-state index contributed by atoms with van der Waals surface area (Å²) < 4.78 is 27.5. The second kappa shape index (κ2) is 9.55. The van der Waals surface area contributed by atoms with Gasteiger partial charge in [-0.1, -0.05) is 44.9 Å². The van der Waals surface area contributed by atoms with Crippen LogP contribution in [0.4, 0.5) is 5.69 Å². The Balaban J connectivity index is 1.75.